The zero-order valence-electron chi connectivity index (χ0n) is 15.3. The minimum atomic E-state index is -3.00. The molecule has 0 spiro atoms. The monoisotopic (exact) mass is 334 g/mol. The summed E-state index contributed by atoms with van der Waals surface area (Å²) in [5, 5.41) is 5.12. The standard InChI is InChI=1S/C17H32F2N2O2/c1-12-9-16(5,6)8-7-13(12)20-10-17(18,19)11-21-14(22)23-15(2,3)4/h12-13,20H,7-11H2,1-6H3,(H,21,22). The number of hydrogen-bond donors (Lipinski definition) is 2. The Balaban J connectivity index is 2.36. The number of alkyl halides is 2. The Labute approximate surface area is 138 Å². The summed E-state index contributed by atoms with van der Waals surface area (Å²) in [6, 6.07) is 0.107. The maximum absolute atomic E-state index is 13.9. The second kappa shape index (κ2) is 7.32. The fourth-order valence-corrected chi connectivity index (χ4v) is 3.11. The van der Waals surface area contributed by atoms with Crippen molar-refractivity contribution in [2.24, 2.45) is 11.3 Å². The summed E-state index contributed by atoms with van der Waals surface area (Å²) in [6.07, 6.45) is 2.16. The van der Waals surface area contributed by atoms with E-state index < -0.39 is 30.7 Å². The molecule has 1 aliphatic carbocycles. The Kier molecular flexibility index (Phi) is 6.41. The fraction of sp³-hybridized carbons (Fsp3) is 0.941. The van der Waals surface area contributed by atoms with Gasteiger partial charge in [0.25, 0.3) is 5.92 Å². The van der Waals surface area contributed by atoms with Gasteiger partial charge in [0, 0.05) is 6.04 Å². The zero-order valence-corrected chi connectivity index (χ0v) is 15.3. The molecule has 136 valence electrons. The van der Waals surface area contributed by atoms with Crippen LogP contribution in [0.1, 0.15) is 60.8 Å². The van der Waals surface area contributed by atoms with E-state index in [0.29, 0.717) is 11.3 Å². The van der Waals surface area contributed by atoms with Crippen molar-refractivity contribution in [3.8, 4) is 0 Å². The van der Waals surface area contributed by atoms with Crippen LogP contribution >= 0.6 is 0 Å². The van der Waals surface area contributed by atoms with E-state index in [1.165, 1.54) is 0 Å². The smallest absolute Gasteiger partial charge is 0.407 e. The lowest BCUT2D eigenvalue weighted by Crippen LogP contribution is -2.49. The van der Waals surface area contributed by atoms with Crippen LogP contribution in [0, 0.1) is 11.3 Å². The SMILES string of the molecule is CC1CC(C)(C)CCC1NCC(F)(F)CNC(=O)OC(C)(C)C. The van der Waals surface area contributed by atoms with E-state index in [2.05, 4.69) is 31.4 Å². The molecule has 2 unspecified atom stereocenters. The molecule has 2 N–H and O–H groups in total. The molecular formula is C17H32F2N2O2. The van der Waals surface area contributed by atoms with E-state index in [4.69, 9.17) is 4.74 Å². The molecule has 0 heterocycles. The molecule has 1 rings (SSSR count). The van der Waals surface area contributed by atoms with Gasteiger partial charge in [-0.1, -0.05) is 20.8 Å². The van der Waals surface area contributed by atoms with E-state index >= 15 is 0 Å². The fourth-order valence-electron chi connectivity index (χ4n) is 3.11. The van der Waals surface area contributed by atoms with E-state index in [1.54, 1.807) is 20.8 Å². The number of carbonyl (C=O) groups excluding carboxylic acids is 1. The van der Waals surface area contributed by atoms with E-state index in [-0.39, 0.29) is 6.04 Å². The number of halogens is 2. The van der Waals surface area contributed by atoms with Gasteiger partial charge in [0.2, 0.25) is 0 Å². The van der Waals surface area contributed by atoms with Gasteiger partial charge >= 0.3 is 6.09 Å². The van der Waals surface area contributed by atoms with Gasteiger partial charge in [-0.2, -0.15) is 0 Å². The molecule has 0 radical (unpaired) electrons. The van der Waals surface area contributed by atoms with Gasteiger partial charge in [-0.3, -0.25) is 0 Å². The molecule has 0 aromatic carbocycles. The van der Waals surface area contributed by atoms with Gasteiger partial charge < -0.3 is 15.4 Å². The molecular weight excluding hydrogens is 302 g/mol. The number of carbonyl (C=O) groups is 1. The van der Waals surface area contributed by atoms with E-state index in [9.17, 15) is 13.6 Å². The first-order valence-corrected chi connectivity index (χ1v) is 8.38. The number of rotatable bonds is 5. The Morgan fingerprint density at radius 1 is 1.26 bits per heavy atom. The largest absolute Gasteiger partial charge is 0.444 e. The van der Waals surface area contributed by atoms with Crippen molar-refractivity contribution in [1.29, 1.82) is 0 Å². The van der Waals surface area contributed by atoms with Crippen LogP contribution < -0.4 is 10.6 Å². The van der Waals surface area contributed by atoms with Crippen LogP contribution in [0.4, 0.5) is 13.6 Å². The molecule has 0 bridgehead atoms. The lowest BCUT2D eigenvalue weighted by molar-refractivity contribution is -0.00966. The summed E-state index contributed by atoms with van der Waals surface area (Å²) in [5.74, 6) is -2.63. The summed E-state index contributed by atoms with van der Waals surface area (Å²) in [6.45, 7) is 10.5. The minimum Gasteiger partial charge on any atom is -0.444 e. The van der Waals surface area contributed by atoms with Crippen LogP contribution in [0.5, 0.6) is 0 Å². The second-order valence-electron chi connectivity index (χ2n) is 8.58. The van der Waals surface area contributed by atoms with Crippen molar-refractivity contribution >= 4 is 6.09 Å². The molecule has 1 saturated carbocycles. The number of amides is 1. The third kappa shape index (κ3) is 7.95. The number of nitrogens with one attached hydrogen (secondary N) is 2. The molecule has 0 saturated heterocycles. The molecule has 0 aromatic rings. The summed E-state index contributed by atoms with van der Waals surface area (Å²) < 4.78 is 32.8. The first-order valence-electron chi connectivity index (χ1n) is 8.38. The summed E-state index contributed by atoms with van der Waals surface area (Å²) in [5.41, 5.74) is -0.402. The van der Waals surface area contributed by atoms with Crippen molar-refractivity contribution in [3.63, 3.8) is 0 Å². The van der Waals surface area contributed by atoms with Gasteiger partial charge in [0.15, 0.2) is 0 Å². The summed E-state index contributed by atoms with van der Waals surface area (Å²) in [7, 11) is 0. The molecule has 6 heteroatoms. The van der Waals surface area contributed by atoms with Gasteiger partial charge in [0.1, 0.15) is 5.60 Å². The van der Waals surface area contributed by atoms with Crippen molar-refractivity contribution < 1.29 is 18.3 Å². The highest BCUT2D eigenvalue weighted by molar-refractivity contribution is 5.67. The maximum atomic E-state index is 13.9. The van der Waals surface area contributed by atoms with Crippen molar-refractivity contribution in [3.05, 3.63) is 0 Å². The lowest BCUT2D eigenvalue weighted by atomic mass is 9.70. The maximum Gasteiger partial charge on any atom is 0.407 e. The normalized spacial score (nSPS) is 25.0. The third-order valence-corrected chi connectivity index (χ3v) is 4.21. The average molecular weight is 334 g/mol. The van der Waals surface area contributed by atoms with Crippen molar-refractivity contribution in [1.82, 2.24) is 10.6 Å². The topological polar surface area (TPSA) is 50.4 Å². The van der Waals surface area contributed by atoms with Crippen molar-refractivity contribution in [2.75, 3.05) is 13.1 Å². The molecule has 1 fully saturated rings. The van der Waals surface area contributed by atoms with Crippen LogP contribution in [0.15, 0.2) is 0 Å². The Morgan fingerprint density at radius 2 is 1.87 bits per heavy atom. The quantitative estimate of drug-likeness (QED) is 0.800. The van der Waals surface area contributed by atoms with Gasteiger partial charge in [0.05, 0.1) is 13.1 Å². The van der Waals surface area contributed by atoms with Crippen LogP contribution in [-0.2, 0) is 4.74 Å². The molecule has 0 aliphatic heterocycles. The minimum absolute atomic E-state index is 0.107. The third-order valence-electron chi connectivity index (χ3n) is 4.21. The summed E-state index contributed by atoms with van der Waals surface area (Å²) >= 11 is 0. The van der Waals surface area contributed by atoms with Crippen LogP contribution in [-0.4, -0.2) is 36.7 Å². The number of ether oxygens (including phenoxy) is 1. The summed E-state index contributed by atoms with van der Waals surface area (Å²) in [4.78, 5) is 11.4. The Morgan fingerprint density at radius 3 is 2.39 bits per heavy atom. The first kappa shape index (κ1) is 20.1. The van der Waals surface area contributed by atoms with Crippen LogP contribution in [0.2, 0.25) is 0 Å². The Hall–Kier alpha value is -0.910. The molecule has 4 nitrogen and oxygen atoms in total. The average Bonchev–Trinajstić information content (AvgIpc) is 2.32. The van der Waals surface area contributed by atoms with E-state index in [0.717, 1.165) is 19.3 Å². The first-order chi connectivity index (χ1) is 10.3. The number of hydrogen-bond acceptors (Lipinski definition) is 3. The predicted molar refractivity (Wildman–Crippen MR) is 87.8 cm³/mol. The number of alkyl carbamates (subject to hydrolysis) is 1. The van der Waals surface area contributed by atoms with Crippen LogP contribution in [0.25, 0.3) is 0 Å². The Bertz CT molecular complexity index is 406. The molecule has 1 aliphatic rings. The van der Waals surface area contributed by atoms with Crippen LogP contribution in [0.3, 0.4) is 0 Å². The molecule has 23 heavy (non-hydrogen) atoms. The molecule has 0 aromatic heterocycles. The molecule has 2 atom stereocenters. The van der Waals surface area contributed by atoms with Gasteiger partial charge in [-0.05, 0) is 51.4 Å². The lowest BCUT2D eigenvalue weighted by Gasteiger charge is -2.40. The van der Waals surface area contributed by atoms with Gasteiger partial charge in [-0.25, -0.2) is 13.6 Å². The predicted octanol–water partition coefficient (Wildman–Crippen LogP) is 3.95. The van der Waals surface area contributed by atoms with Gasteiger partial charge in [-0.15, -0.1) is 0 Å². The highest BCUT2D eigenvalue weighted by atomic mass is 19.3. The highest BCUT2D eigenvalue weighted by Crippen LogP contribution is 2.38. The molecule has 1 amide bonds. The second-order valence-corrected chi connectivity index (χ2v) is 8.58. The highest BCUT2D eigenvalue weighted by Gasteiger charge is 2.35. The zero-order chi connectivity index (χ0) is 17.9. The van der Waals surface area contributed by atoms with Crippen molar-refractivity contribution in [2.45, 2.75) is 78.4 Å². The van der Waals surface area contributed by atoms with E-state index in [1.807, 2.05) is 0 Å².